The molecule has 0 fully saturated rings. The lowest BCUT2D eigenvalue weighted by Crippen LogP contribution is -2.16. The highest BCUT2D eigenvalue weighted by Crippen LogP contribution is 2.18. The van der Waals surface area contributed by atoms with E-state index in [2.05, 4.69) is 5.32 Å². The molecule has 0 aromatic heterocycles. The maximum Gasteiger partial charge on any atom is 0.338 e. The molecule has 0 aliphatic carbocycles. The zero-order valence-electron chi connectivity index (χ0n) is 14.1. The van der Waals surface area contributed by atoms with E-state index < -0.39 is 21.7 Å². The number of anilines is 1. The van der Waals surface area contributed by atoms with Crippen LogP contribution in [0.1, 0.15) is 34.6 Å². The number of carbonyl (C=O) groups excluding carboxylic acids is 2. The molecule has 0 saturated carbocycles. The molecule has 0 aliphatic heterocycles. The molecule has 1 amide bonds. The monoisotopic (exact) mass is 361 g/mol. The highest BCUT2D eigenvalue weighted by molar-refractivity contribution is 7.90. The smallest absolute Gasteiger partial charge is 0.338 e. The molecule has 6 nitrogen and oxygen atoms in total. The molecule has 2 aromatic rings. The second kappa shape index (κ2) is 7.48. The number of rotatable bonds is 5. The van der Waals surface area contributed by atoms with Crippen LogP contribution in [0.5, 0.6) is 0 Å². The number of amides is 1. The van der Waals surface area contributed by atoms with E-state index in [0.29, 0.717) is 11.3 Å². The fraction of sp³-hybridized carbons (Fsp3) is 0.222. The normalized spacial score (nSPS) is 11.2. The van der Waals surface area contributed by atoms with Crippen LogP contribution >= 0.6 is 0 Å². The fourth-order valence-corrected chi connectivity index (χ4v) is 3.03. The highest BCUT2D eigenvalue weighted by atomic mass is 32.2. The molecule has 7 heteroatoms. The summed E-state index contributed by atoms with van der Waals surface area (Å²) in [5.74, 6) is -0.992. The molecule has 1 N–H and O–H groups in total. The summed E-state index contributed by atoms with van der Waals surface area (Å²) in [4.78, 5) is 24.1. The van der Waals surface area contributed by atoms with Gasteiger partial charge in [0.25, 0.3) is 5.91 Å². The Morgan fingerprint density at radius 3 is 2.16 bits per heavy atom. The van der Waals surface area contributed by atoms with Crippen molar-refractivity contribution < 1.29 is 22.7 Å². The average molecular weight is 361 g/mol. The van der Waals surface area contributed by atoms with Crippen LogP contribution in [0.15, 0.2) is 53.4 Å². The van der Waals surface area contributed by atoms with Gasteiger partial charge < -0.3 is 10.1 Å². The van der Waals surface area contributed by atoms with E-state index in [9.17, 15) is 18.0 Å². The zero-order chi connectivity index (χ0) is 18.6. The molecule has 0 heterocycles. The van der Waals surface area contributed by atoms with Crippen LogP contribution in [0.3, 0.4) is 0 Å². The number of benzene rings is 2. The van der Waals surface area contributed by atoms with Crippen LogP contribution in [-0.4, -0.2) is 32.7 Å². The van der Waals surface area contributed by atoms with E-state index in [1.54, 1.807) is 38.1 Å². The SMILES string of the molecule is CC(C)OC(=O)c1ccc(NC(=O)c2ccccc2S(C)(=O)=O)cc1. The number of esters is 1. The van der Waals surface area contributed by atoms with Gasteiger partial charge in [-0.1, -0.05) is 12.1 Å². The lowest BCUT2D eigenvalue weighted by atomic mass is 10.2. The van der Waals surface area contributed by atoms with Crippen LogP contribution in [0.4, 0.5) is 5.69 Å². The molecule has 0 aliphatic rings. The van der Waals surface area contributed by atoms with E-state index in [1.807, 2.05) is 0 Å². The second-order valence-corrected chi connectivity index (χ2v) is 7.74. The summed E-state index contributed by atoms with van der Waals surface area (Å²) in [5, 5.41) is 2.62. The number of hydrogen-bond donors (Lipinski definition) is 1. The predicted octanol–water partition coefficient (Wildman–Crippen LogP) is 2.91. The van der Waals surface area contributed by atoms with Gasteiger partial charge >= 0.3 is 5.97 Å². The summed E-state index contributed by atoms with van der Waals surface area (Å²) < 4.78 is 28.7. The molecule has 0 bridgehead atoms. The van der Waals surface area contributed by atoms with Crippen molar-refractivity contribution >= 4 is 27.4 Å². The predicted molar refractivity (Wildman–Crippen MR) is 94.5 cm³/mol. The summed E-state index contributed by atoms with van der Waals surface area (Å²) >= 11 is 0. The van der Waals surface area contributed by atoms with Gasteiger partial charge in [-0.25, -0.2) is 13.2 Å². The van der Waals surface area contributed by atoms with E-state index in [1.165, 1.54) is 24.3 Å². The van der Waals surface area contributed by atoms with Gasteiger partial charge in [-0.05, 0) is 50.2 Å². The Balaban J connectivity index is 2.18. The van der Waals surface area contributed by atoms with E-state index >= 15 is 0 Å². The maximum absolute atomic E-state index is 12.4. The molecule has 0 unspecified atom stereocenters. The Kier molecular flexibility index (Phi) is 5.58. The molecule has 0 radical (unpaired) electrons. The van der Waals surface area contributed by atoms with E-state index in [-0.39, 0.29) is 16.6 Å². The molecule has 0 spiro atoms. The Hall–Kier alpha value is -2.67. The van der Waals surface area contributed by atoms with Crippen LogP contribution < -0.4 is 5.32 Å². The molecule has 2 aromatic carbocycles. The van der Waals surface area contributed by atoms with Gasteiger partial charge in [0, 0.05) is 11.9 Å². The van der Waals surface area contributed by atoms with Crippen molar-refractivity contribution in [2.45, 2.75) is 24.8 Å². The third-order valence-electron chi connectivity index (χ3n) is 3.25. The maximum atomic E-state index is 12.4. The fourth-order valence-electron chi connectivity index (χ4n) is 2.15. The van der Waals surface area contributed by atoms with E-state index in [0.717, 1.165) is 6.26 Å². The van der Waals surface area contributed by atoms with Crippen molar-refractivity contribution in [2.75, 3.05) is 11.6 Å². The van der Waals surface area contributed by atoms with Gasteiger partial charge in [-0.15, -0.1) is 0 Å². The number of sulfone groups is 1. The lowest BCUT2D eigenvalue weighted by molar-refractivity contribution is 0.0378. The third-order valence-corrected chi connectivity index (χ3v) is 4.41. The second-order valence-electron chi connectivity index (χ2n) is 5.75. The molecular weight excluding hydrogens is 342 g/mol. The quantitative estimate of drug-likeness (QED) is 0.827. The minimum Gasteiger partial charge on any atom is -0.459 e. The number of ether oxygens (including phenoxy) is 1. The van der Waals surface area contributed by atoms with Crippen molar-refractivity contribution in [3.63, 3.8) is 0 Å². The van der Waals surface area contributed by atoms with Gasteiger partial charge in [0.15, 0.2) is 9.84 Å². The third kappa shape index (κ3) is 4.90. The van der Waals surface area contributed by atoms with Gasteiger partial charge in [0.05, 0.1) is 22.1 Å². The van der Waals surface area contributed by atoms with Crippen molar-refractivity contribution in [1.82, 2.24) is 0 Å². The van der Waals surface area contributed by atoms with Gasteiger partial charge in [0.1, 0.15) is 0 Å². The Labute approximate surface area is 146 Å². The van der Waals surface area contributed by atoms with Crippen molar-refractivity contribution in [1.29, 1.82) is 0 Å². The Morgan fingerprint density at radius 2 is 1.60 bits per heavy atom. The van der Waals surface area contributed by atoms with Crippen LogP contribution in [-0.2, 0) is 14.6 Å². The summed E-state index contributed by atoms with van der Waals surface area (Å²) in [6.07, 6.45) is 0.827. The number of carbonyl (C=O) groups is 2. The molecule has 132 valence electrons. The zero-order valence-corrected chi connectivity index (χ0v) is 15.0. The topological polar surface area (TPSA) is 89.5 Å². The Morgan fingerprint density at radius 1 is 1.00 bits per heavy atom. The lowest BCUT2D eigenvalue weighted by Gasteiger charge is -2.10. The van der Waals surface area contributed by atoms with Crippen molar-refractivity contribution in [2.24, 2.45) is 0 Å². The summed E-state index contributed by atoms with van der Waals surface area (Å²) in [6, 6.07) is 12.1. The van der Waals surface area contributed by atoms with Crippen LogP contribution in [0.2, 0.25) is 0 Å². The van der Waals surface area contributed by atoms with Crippen molar-refractivity contribution in [3.05, 3.63) is 59.7 Å². The van der Waals surface area contributed by atoms with Gasteiger partial charge in [-0.2, -0.15) is 0 Å². The molecule has 2 rings (SSSR count). The first-order valence-electron chi connectivity index (χ1n) is 7.60. The average Bonchev–Trinajstić information content (AvgIpc) is 2.54. The van der Waals surface area contributed by atoms with Gasteiger partial charge in [0.2, 0.25) is 0 Å². The minimum atomic E-state index is -3.52. The Bertz CT molecular complexity index is 886. The van der Waals surface area contributed by atoms with Crippen molar-refractivity contribution in [3.8, 4) is 0 Å². The molecule has 25 heavy (non-hydrogen) atoms. The molecule has 0 atom stereocenters. The first-order chi connectivity index (χ1) is 11.7. The standard InChI is InChI=1S/C18H19NO5S/c1-12(2)24-18(21)13-8-10-14(11-9-13)19-17(20)15-6-4-5-7-16(15)25(3,22)23/h4-12H,1-3H3,(H,19,20). The number of nitrogens with one attached hydrogen (secondary N) is 1. The summed E-state index contributed by atoms with van der Waals surface area (Å²) in [6.45, 7) is 3.51. The van der Waals surface area contributed by atoms with Crippen LogP contribution in [0, 0.1) is 0 Å². The highest BCUT2D eigenvalue weighted by Gasteiger charge is 2.18. The first-order valence-corrected chi connectivity index (χ1v) is 9.49. The minimum absolute atomic E-state index is 0.0374. The largest absolute Gasteiger partial charge is 0.459 e. The van der Waals surface area contributed by atoms with E-state index in [4.69, 9.17) is 4.74 Å². The van der Waals surface area contributed by atoms with Crippen LogP contribution in [0.25, 0.3) is 0 Å². The number of hydrogen-bond acceptors (Lipinski definition) is 5. The van der Waals surface area contributed by atoms with Gasteiger partial charge in [-0.3, -0.25) is 4.79 Å². The summed E-state index contributed by atoms with van der Waals surface area (Å²) in [7, 11) is -3.52. The molecule has 0 saturated heterocycles. The summed E-state index contributed by atoms with van der Waals surface area (Å²) in [5.41, 5.74) is 0.867. The molecular formula is C18H19NO5S. The first kappa shape index (κ1) is 18.7.